The summed E-state index contributed by atoms with van der Waals surface area (Å²) in [6.45, 7) is 8.76. The minimum absolute atomic E-state index is 0.324. The topological polar surface area (TPSA) is 34.0 Å². The zero-order valence-electron chi connectivity index (χ0n) is 10.8. The van der Waals surface area contributed by atoms with E-state index in [-0.39, 0.29) is 5.54 Å². The van der Waals surface area contributed by atoms with Crippen molar-refractivity contribution in [3.05, 3.63) is 0 Å². The molecular formula is C8H18N2O. The molecule has 0 amide bonds. The van der Waals surface area contributed by atoms with Crippen molar-refractivity contribution in [3.63, 3.8) is 0 Å². The zero-order valence-corrected chi connectivity index (χ0v) is 7.80. The van der Waals surface area contributed by atoms with Gasteiger partial charge in [-0.1, -0.05) is 0 Å². The average molecular weight is 161 g/mol. The first-order chi connectivity index (χ1) is 5.91. The number of ether oxygens (including phenoxy) is 1. The number of hydrogen-bond acceptors (Lipinski definition) is 3. The third-order valence-electron chi connectivity index (χ3n) is 0.841. The van der Waals surface area contributed by atoms with Crippen LogP contribution in [0.15, 0.2) is 10.2 Å². The molecule has 0 aromatic heterocycles. The van der Waals surface area contributed by atoms with Crippen molar-refractivity contribution in [1.82, 2.24) is 0 Å². The normalized spacial score (nSPS) is 19.5. The van der Waals surface area contributed by atoms with Gasteiger partial charge in [0.2, 0.25) is 0 Å². The monoisotopic (exact) mass is 161 g/mol. The summed E-state index contributed by atoms with van der Waals surface area (Å²) >= 11 is 0. The first-order valence-corrected chi connectivity index (χ1v) is 3.56. The van der Waals surface area contributed by atoms with Gasteiger partial charge in [0.25, 0.3) is 0 Å². The summed E-state index contributed by atoms with van der Waals surface area (Å²) in [5.41, 5.74) is -1.44. The molecule has 0 fully saturated rings. The van der Waals surface area contributed by atoms with Crippen molar-refractivity contribution in [1.29, 1.82) is 0 Å². The summed E-state index contributed by atoms with van der Waals surface area (Å²) in [7, 11) is -2.44. The van der Waals surface area contributed by atoms with Crippen molar-refractivity contribution in [3.8, 4) is 0 Å². The van der Waals surface area contributed by atoms with E-state index in [2.05, 4.69) is 10.2 Å². The lowest BCUT2D eigenvalue weighted by molar-refractivity contribution is 0.0220. The van der Waals surface area contributed by atoms with Gasteiger partial charge >= 0.3 is 0 Å². The standard InChI is InChI=1S/C8H18N2O/c1-7(2,3)9-10-8(4,5)11-6/h1-6H3/i6D3. The Labute approximate surface area is 73.1 Å². The molecule has 66 valence electrons. The molecule has 0 saturated heterocycles. The molecule has 0 N–H and O–H groups in total. The van der Waals surface area contributed by atoms with Gasteiger partial charge in [0.15, 0.2) is 5.72 Å². The van der Waals surface area contributed by atoms with Crippen LogP contribution in [0.4, 0.5) is 0 Å². The van der Waals surface area contributed by atoms with Crippen LogP contribution in [-0.2, 0) is 4.74 Å². The first-order valence-electron chi connectivity index (χ1n) is 5.06. The molecule has 0 radical (unpaired) electrons. The maximum atomic E-state index is 6.93. The van der Waals surface area contributed by atoms with Gasteiger partial charge in [0, 0.05) is 7.04 Å². The van der Waals surface area contributed by atoms with Crippen LogP contribution >= 0.6 is 0 Å². The second-order valence-electron chi connectivity index (χ2n) is 3.92. The lowest BCUT2D eigenvalue weighted by Crippen LogP contribution is -2.20. The molecule has 0 aliphatic carbocycles. The third-order valence-corrected chi connectivity index (χ3v) is 0.841. The molecule has 0 saturated carbocycles. The fourth-order valence-electron chi connectivity index (χ4n) is 0.291. The van der Waals surface area contributed by atoms with Crippen LogP contribution in [0.2, 0.25) is 0 Å². The fraction of sp³-hybridized carbons (Fsp3) is 1.00. The van der Waals surface area contributed by atoms with Crippen LogP contribution in [0.5, 0.6) is 0 Å². The van der Waals surface area contributed by atoms with Crippen molar-refractivity contribution >= 4 is 0 Å². The van der Waals surface area contributed by atoms with Crippen LogP contribution in [0, 0.1) is 0 Å². The molecule has 0 heterocycles. The highest BCUT2D eigenvalue weighted by Crippen LogP contribution is 2.14. The Hall–Kier alpha value is -0.440. The second-order valence-corrected chi connectivity index (χ2v) is 3.92. The highest BCUT2D eigenvalue weighted by molar-refractivity contribution is 4.70. The lowest BCUT2D eigenvalue weighted by atomic mass is 10.1. The number of nitrogens with zero attached hydrogens (tertiary/aromatic N) is 2. The molecule has 0 rings (SSSR count). The molecule has 0 unspecified atom stereocenters. The van der Waals surface area contributed by atoms with E-state index in [1.54, 1.807) is 13.8 Å². The van der Waals surface area contributed by atoms with E-state index in [0.29, 0.717) is 0 Å². The molecule has 3 heteroatoms. The van der Waals surface area contributed by atoms with Gasteiger partial charge in [-0.3, -0.25) is 0 Å². The first kappa shape index (κ1) is 6.12. The summed E-state index contributed by atoms with van der Waals surface area (Å²) in [6, 6.07) is 0. The molecule has 0 aromatic carbocycles. The van der Waals surface area contributed by atoms with Crippen LogP contribution < -0.4 is 0 Å². The molecule has 0 bridgehead atoms. The van der Waals surface area contributed by atoms with E-state index in [9.17, 15) is 0 Å². The summed E-state index contributed by atoms with van der Waals surface area (Å²) in [5.74, 6) is 0. The quantitative estimate of drug-likeness (QED) is 0.573. The van der Waals surface area contributed by atoms with Gasteiger partial charge in [0.1, 0.15) is 0 Å². The van der Waals surface area contributed by atoms with E-state index >= 15 is 0 Å². The molecule has 0 aromatic rings. The van der Waals surface area contributed by atoms with Gasteiger partial charge in [-0.15, -0.1) is 0 Å². The van der Waals surface area contributed by atoms with Gasteiger partial charge in [0.05, 0.1) is 9.65 Å². The minimum atomic E-state index is -2.44. The Morgan fingerprint density at radius 2 is 1.64 bits per heavy atom. The Kier molecular flexibility index (Phi) is 1.84. The molecule has 0 spiro atoms. The van der Waals surface area contributed by atoms with E-state index in [1.165, 1.54) is 0 Å². The largest absolute Gasteiger partial charge is 0.356 e. The number of hydrogen-bond donors (Lipinski definition) is 0. The molecular weight excluding hydrogens is 140 g/mol. The third kappa shape index (κ3) is 5.98. The van der Waals surface area contributed by atoms with Crippen molar-refractivity contribution < 1.29 is 8.85 Å². The lowest BCUT2D eigenvalue weighted by Gasteiger charge is -2.18. The van der Waals surface area contributed by atoms with Gasteiger partial charge in [-0.2, -0.15) is 10.2 Å². The molecule has 0 atom stereocenters. The summed E-state index contributed by atoms with van der Waals surface area (Å²) < 4.78 is 25.6. The maximum absolute atomic E-state index is 6.93. The van der Waals surface area contributed by atoms with Crippen molar-refractivity contribution in [2.75, 3.05) is 7.04 Å². The highest BCUT2D eigenvalue weighted by atomic mass is 16.5. The van der Waals surface area contributed by atoms with Crippen molar-refractivity contribution in [2.24, 2.45) is 10.2 Å². The SMILES string of the molecule is [2H]C([2H])([2H])OC(C)(C)N=NC(C)(C)C. The summed E-state index contributed by atoms with van der Waals surface area (Å²) in [4.78, 5) is 0. The maximum Gasteiger partial charge on any atom is 0.172 e. The molecule has 3 nitrogen and oxygen atoms in total. The fourth-order valence-corrected chi connectivity index (χ4v) is 0.291. The molecule has 11 heavy (non-hydrogen) atoms. The Morgan fingerprint density at radius 3 is 2.00 bits per heavy atom. The number of methoxy groups -OCH3 is 1. The predicted molar refractivity (Wildman–Crippen MR) is 45.7 cm³/mol. The highest BCUT2D eigenvalue weighted by Gasteiger charge is 2.16. The minimum Gasteiger partial charge on any atom is -0.356 e. The number of rotatable bonds is 2. The van der Waals surface area contributed by atoms with Gasteiger partial charge in [-0.25, -0.2) is 0 Å². The van der Waals surface area contributed by atoms with Crippen LogP contribution in [-0.4, -0.2) is 18.3 Å². The second kappa shape index (κ2) is 3.30. The predicted octanol–water partition coefficient (Wildman–Crippen LogP) is 2.62. The Morgan fingerprint density at radius 1 is 1.09 bits per heavy atom. The summed E-state index contributed by atoms with van der Waals surface area (Å²) in [6.07, 6.45) is 0. The van der Waals surface area contributed by atoms with Gasteiger partial charge in [-0.05, 0) is 34.6 Å². The summed E-state index contributed by atoms with van der Waals surface area (Å²) in [5, 5.41) is 7.82. The molecule has 0 aliphatic heterocycles. The van der Waals surface area contributed by atoms with E-state index in [4.69, 9.17) is 8.85 Å². The zero-order chi connectivity index (χ0) is 11.6. The van der Waals surface area contributed by atoms with Crippen molar-refractivity contribution in [2.45, 2.75) is 45.9 Å². The average Bonchev–Trinajstić information content (AvgIpc) is 1.76. The Bertz CT molecular complexity index is 216. The van der Waals surface area contributed by atoms with Crippen LogP contribution in [0.25, 0.3) is 0 Å². The van der Waals surface area contributed by atoms with E-state index < -0.39 is 12.8 Å². The van der Waals surface area contributed by atoms with Crippen LogP contribution in [0.1, 0.15) is 38.7 Å². The van der Waals surface area contributed by atoms with Gasteiger partial charge < -0.3 is 4.74 Å². The molecule has 0 aliphatic rings. The smallest absolute Gasteiger partial charge is 0.172 e. The van der Waals surface area contributed by atoms with E-state index in [1.807, 2.05) is 20.8 Å². The number of azo groups is 1. The van der Waals surface area contributed by atoms with Crippen LogP contribution in [0.3, 0.4) is 0 Å². The van der Waals surface area contributed by atoms with E-state index in [0.717, 1.165) is 0 Å². The Balaban J connectivity index is 4.43.